The van der Waals surface area contributed by atoms with Gasteiger partial charge in [0.2, 0.25) is 15.9 Å². The molecule has 0 amide bonds. The molecule has 4 heterocycles. The Labute approximate surface area is 283 Å². The zero-order chi connectivity index (χ0) is 31.4. The number of thiazole rings is 1. The lowest BCUT2D eigenvalue weighted by Crippen LogP contribution is -2.33. The zero-order valence-electron chi connectivity index (χ0n) is 23.8. The number of nitrogens with zero attached hydrogens (tertiary/aromatic N) is 2. The van der Waals surface area contributed by atoms with Crippen LogP contribution in [-0.4, -0.2) is 26.1 Å². The molecule has 0 fully saturated rings. The topological polar surface area (TPSA) is 73.5 Å². The van der Waals surface area contributed by atoms with E-state index < -0.39 is 10.4 Å². The fraction of sp³-hybridized carbons (Fsp3) is 0.194. The van der Waals surface area contributed by atoms with Crippen LogP contribution in [0.2, 0.25) is 8.67 Å². The Hall–Kier alpha value is -2.37. The summed E-state index contributed by atoms with van der Waals surface area (Å²) in [4.78, 5) is 5.90. The Balaban J connectivity index is 0.000000493. The highest BCUT2D eigenvalue weighted by Gasteiger charge is 2.24. The molecule has 3 aromatic heterocycles. The summed E-state index contributed by atoms with van der Waals surface area (Å²) >= 11 is 19.1. The maximum Gasteiger partial charge on any atom is 0.271 e. The molecule has 0 saturated carbocycles. The van der Waals surface area contributed by atoms with Crippen LogP contribution in [0, 0.1) is 0 Å². The van der Waals surface area contributed by atoms with Gasteiger partial charge in [0, 0.05) is 27.3 Å². The van der Waals surface area contributed by atoms with Gasteiger partial charge in [0.25, 0.3) is 5.01 Å². The van der Waals surface area contributed by atoms with Crippen molar-refractivity contribution >= 4 is 101 Å². The van der Waals surface area contributed by atoms with Gasteiger partial charge in [-0.15, -0.1) is 22.7 Å². The van der Waals surface area contributed by atoms with Gasteiger partial charge in [0.05, 0.1) is 27.0 Å². The Kier molecular flexibility index (Phi) is 10.8. The largest absolute Gasteiger partial charge is 0.726 e. The molecule has 13 heteroatoms. The number of hydrogen-bond acceptors (Lipinski definition) is 9. The lowest BCUT2D eigenvalue weighted by Gasteiger charge is -2.16. The molecule has 228 valence electrons. The number of thiophene rings is 2. The molecule has 0 spiro atoms. The molecule has 0 atom stereocenters. The fourth-order valence-electron chi connectivity index (χ4n) is 4.58. The van der Waals surface area contributed by atoms with Crippen LogP contribution in [0.3, 0.4) is 0 Å². The van der Waals surface area contributed by atoms with Crippen LogP contribution in [-0.2, 0) is 21.1 Å². The minimum absolute atomic E-state index is 0.0914. The van der Waals surface area contributed by atoms with Crippen LogP contribution in [0.1, 0.15) is 25.8 Å². The second-order valence-electron chi connectivity index (χ2n) is 9.14. The van der Waals surface area contributed by atoms with E-state index >= 15 is 0 Å². The van der Waals surface area contributed by atoms with Crippen LogP contribution in [0.25, 0.3) is 37.2 Å². The van der Waals surface area contributed by atoms with E-state index in [1.807, 2.05) is 12.1 Å². The Morgan fingerprint density at radius 3 is 2.14 bits per heavy atom. The number of thioether (sulfide) groups is 1. The molecule has 6 rings (SSSR count). The fourth-order valence-corrected chi connectivity index (χ4v) is 9.22. The van der Waals surface area contributed by atoms with E-state index in [2.05, 4.69) is 93.6 Å². The molecule has 44 heavy (non-hydrogen) atoms. The number of fused-ring (bicyclic) bond motifs is 2. The quantitative estimate of drug-likeness (QED) is 0.0722. The lowest BCUT2D eigenvalue weighted by atomic mass is 10.1. The Morgan fingerprint density at radius 2 is 1.59 bits per heavy atom. The number of rotatable bonds is 7. The molecule has 1 aliphatic rings. The monoisotopic (exact) mass is 720 g/mol. The van der Waals surface area contributed by atoms with Gasteiger partial charge in [0.15, 0.2) is 0 Å². The highest BCUT2D eigenvalue weighted by Crippen LogP contribution is 2.47. The number of benzene rings is 2. The first-order valence-electron chi connectivity index (χ1n) is 13.5. The predicted molar refractivity (Wildman–Crippen MR) is 186 cm³/mol. The van der Waals surface area contributed by atoms with E-state index in [-0.39, 0.29) is 6.61 Å². The molecule has 2 aromatic carbocycles. The molecular formula is C31H26Cl2N2O4S5. The Bertz CT molecular complexity index is 2030. The second-order valence-corrected chi connectivity index (χ2v) is 15.7. The molecule has 0 N–H and O–H groups in total. The van der Waals surface area contributed by atoms with Crippen molar-refractivity contribution in [3.8, 4) is 20.9 Å². The third-order valence-corrected chi connectivity index (χ3v) is 11.7. The average molecular weight is 722 g/mol. The van der Waals surface area contributed by atoms with Crippen LogP contribution < -0.4 is 9.47 Å². The highest BCUT2D eigenvalue weighted by atomic mass is 35.5. The van der Waals surface area contributed by atoms with Crippen molar-refractivity contribution in [3.63, 3.8) is 0 Å². The summed E-state index contributed by atoms with van der Waals surface area (Å²) < 4.78 is 37.2. The van der Waals surface area contributed by atoms with E-state index in [0.29, 0.717) is 0 Å². The van der Waals surface area contributed by atoms with Crippen molar-refractivity contribution in [1.82, 2.24) is 0 Å². The SMILES string of the molecule is CCN1C(=C=C=Cc2sc3cc(-c4ccc(Cl)s4)ccc3[n+]2CC)Sc2cc(-c3ccc(Cl)s3)ccc21.CCOS(=O)(=O)[O-]. The first kappa shape index (κ1) is 33.0. The van der Waals surface area contributed by atoms with Crippen LogP contribution in [0.15, 0.2) is 82.1 Å². The van der Waals surface area contributed by atoms with Gasteiger partial charge >= 0.3 is 0 Å². The summed E-state index contributed by atoms with van der Waals surface area (Å²) in [5, 5.41) is 2.23. The van der Waals surface area contributed by atoms with Crippen molar-refractivity contribution in [3.05, 3.63) is 90.8 Å². The first-order chi connectivity index (χ1) is 21.1. The first-order valence-corrected chi connectivity index (χ1v) is 18.8. The lowest BCUT2D eigenvalue weighted by molar-refractivity contribution is -0.665. The van der Waals surface area contributed by atoms with E-state index in [4.69, 9.17) is 23.2 Å². The van der Waals surface area contributed by atoms with E-state index in [0.717, 1.165) is 31.8 Å². The molecular weight excluding hydrogens is 696 g/mol. The summed E-state index contributed by atoms with van der Waals surface area (Å²) in [5.74, 6) is 0. The molecule has 5 aromatic rings. The van der Waals surface area contributed by atoms with Crippen molar-refractivity contribution in [2.45, 2.75) is 32.2 Å². The van der Waals surface area contributed by atoms with Gasteiger partial charge < -0.3 is 9.45 Å². The second kappa shape index (κ2) is 14.4. The van der Waals surface area contributed by atoms with Gasteiger partial charge in [-0.1, -0.05) is 58.1 Å². The number of anilines is 1. The van der Waals surface area contributed by atoms with Gasteiger partial charge in [0.1, 0.15) is 16.3 Å². The van der Waals surface area contributed by atoms with Crippen molar-refractivity contribution in [1.29, 1.82) is 0 Å². The third kappa shape index (κ3) is 7.70. The van der Waals surface area contributed by atoms with E-state index in [9.17, 15) is 13.0 Å². The predicted octanol–water partition coefficient (Wildman–Crippen LogP) is 9.70. The molecule has 0 unspecified atom stereocenters. The van der Waals surface area contributed by atoms with Crippen LogP contribution in [0.4, 0.5) is 5.69 Å². The molecule has 0 aliphatic carbocycles. The summed E-state index contributed by atoms with van der Waals surface area (Å²) in [6, 6.07) is 21.3. The summed E-state index contributed by atoms with van der Waals surface area (Å²) in [6.45, 7) is 7.45. The van der Waals surface area contributed by atoms with E-state index in [1.54, 1.807) is 45.8 Å². The minimum Gasteiger partial charge on any atom is -0.726 e. The minimum atomic E-state index is -4.42. The van der Waals surface area contributed by atoms with Crippen molar-refractivity contribution in [2.75, 3.05) is 18.1 Å². The molecule has 1 aliphatic heterocycles. The maximum atomic E-state index is 9.45. The average Bonchev–Trinajstić information content (AvgIpc) is 3.76. The molecule has 6 nitrogen and oxygen atoms in total. The van der Waals surface area contributed by atoms with Crippen molar-refractivity contribution < 1.29 is 21.7 Å². The molecule has 0 radical (unpaired) electrons. The van der Waals surface area contributed by atoms with E-state index in [1.165, 1.54) is 48.6 Å². The van der Waals surface area contributed by atoms with Gasteiger partial charge in [-0.25, -0.2) is 8.42 Å². The van der Waals surface area contributed by atoms with Crippen molar-refractivity contribution in [2.24, 2.45) is 0 Å². The van der Waals surface area contributed by atoms with Crippen LogP contribution >= 0.6 is 69.0 Å². The molecule has 0 bridgehead atoms. The maximum absolute atomic E-state index is 9.45. The Morgan fingerprint density at radius 1 is 0.932 bits per heavy atom. The summed E-state index contributed by atoms with van der Waals surface area (Å²) in [7, 11) is -4.42. The standard InChI is InChI=1S/C29H21Cl2N2S4.C2H6O4S/c1-3-32-20-10-8-18(22-12-14-26(30)34-22)16-24(20)36-28(32)6-5-7-29-33(4-2)21-11-9-19(17-25(21)37-29)23-13-15-27(31)35-23;1-2-6-7(3,4)5/h6,8-17H,3-4H2,1-2H3;2H2,1H3,(H,3,4,5)/q+1;/p-1. The summed E-state index contributed by atoms with van der Waals surface area (Å²) in [6.07, 6.45) is 2.05. The zero-order valence-corrected chi connectivity index (χ0v) is 29.4. The third-order valence-electron chi connectivity index (χ3n) is 6.42. The number of halogens is 2. The van der Waals surface area contributed by atoms with Crippen LogP contribution in [0.5, 0.6) is 0 Å². The van der Waals surface area contributed by atoms with Gasteiger partial charge in [-0.05, 0) is 86.2 Å². The van der Waals surface area contributed by atoms with Gasteiger partial charge in [-0.3, -0.25) is 4.18 Å². The number of hydrogen-bond donors (Lipinski definition) is 0. The molecule has 0 saturated heterocycles. The number of aryl methyl sites for hydroxylation is 1. The van der Waals surface area contributed by atoms with Gasteiger partial charge in [-0.2, -0.15) is 4.57 Å². The highest BCUT2D eigenvalue weighted by molar-refractivity contribution is 8.03. The number of aromatic nitrogens is 1. The smallest absolute Gasteiger partial charge is 0.271 e. The summed E-state index contributed by atoms with van der Waals surface area (Å²) in [5.41, 5.74) is 11.6. The normalized spacial score (nSPS) is 12.5.